The Morgan fingerprint density at radius 3 is 1.80 bits per heavy atom. The van der Waals surface area contributed by atoms with Crippen molar-refractivity contribution >= 4 is 9.42 Å². The molecule has 0 atom stereocenters. The van der Waals surface area contributed by atoms with Crippen LogP contribution < -0.4 is 0 Å². The van der Waals surface area contributed by atoms with E-state index in [4.69, 9.17) is 14.5 Å². The van der Waals surface area contributed by atoms with E-state index in [1.807, 2.05) is 0 Å². The van der Waals surface area contributed by atoms with Crippen LogP contribution in [0.2, 0.25) is 0 Å². The molecule has 5 heavy (non-hydrogen) atoms. The molecule has 0 aliphatic heterocycles. The van der Waals surface area contributed by atoms with E-state index >= 15 is 0 Å². The van der Waals surface area contributed by atoms with Gasteiger partial charge in [-0.1, -0.05) is 0 Å². The maximum absolute atomic E-state index is 7.57. The quantitative estimate of drug-likeness (QED) is 0.683. The van der Waals surface area contributed by atoms with Crippen LogP contribution in [0.5, 0.6) is 0 Å². The Hall–Kier alpha value is 0.938. The molecule has 0 aromatic rings. The van der Waals surface area contributed by atoms with Crippen molar-refractivity contribution in [2.75, 3.05) is 6.61 Å². The average molecular weight is 265 g/mol. The van der Waals surface area contributed by atoms with E-state index in [0.717, 1.165) is 18.8 Å². The molecule has 33 valence electrons. The second-order valence-electron chi connectivity index (χ2n) is 0.316. The first-order chi connectivity index (χ1) is 2.41. The average Bonchev–Trinajstić information content (AvgIpc) is 1.46. The molecule has 0 heterocycles. The molecule has 0 radical (unpaired) electrons. The van der Waals surface area contributed by atoms with Gasteiger partial charge in [-0.2, -0.15) is 0 Å². The second kappa shape index (κ2) is 20.4. The van der Waals surface area contributed by atoms with E-state index in [9.17, 15) is 0 Å². The molecule has 0 aromatic heterocycles. The van der Waals surface area contributed by atoms with Gasteiger partial charge in [-0.05, 0) is 6.92 Å². The normalized spacial score (nSPS) is 4.60. The van der Waals surface area contributed by atoms with Gasteiger partial charge in [0.15, 0.2) is 0 Å². The second-order valence-corrected chi connectivity index (χ2v) is 0.316. The summed E-state index contributed by atoms with van der Waals surface area (Å²) >= 11 is 1.06. The Kier molecular flexibility index (Phi) is 38.1. The Balaban J connectivity index is 0. The molecule has 0 unspecified atom stereocenters. The van der Waals surface area contributed by atoms with Crippen LogP contribution in [0.25, 0.3) is 0 Å². The molecule has 0 rings (SSSR count). The Labute approximate surface area is 47.2 Å². The summed E-state index contributed by atoms with van der Waals surface area (Å²) in [6, 6.07) is 0. The molecule has 0 saturated heterocycles. The van der Waals surface area contributed by atoms with Crippen molar-refractivity contribution < 1.29 is 23.9 Å². The van der Waals surface area contributed by atoms with Crippen molar-refractivity contribution in [3.05, 3.63) is 0 Å². The summed E-state index contributed by atoms with van der Waals surface area (Å²) < 4.78 is 0. The first-order valence-corrected chi connectivity index (χ1v) is 4.81. The summed E-state index contributed by atoms with van der Waals surface area (Å²) in [7, 11) is 4.72. The van der Waals surface area contributed by atoms with Gasteiger partial charge in [0.05, 0.1) is 0 Å². The molecule has 0 aromatic carbocycles. The summed E-state index contributed by atoms with van der Waals surface area (Å²) in [5.74, 6) is 0. The van der Waals surface area contributed by atoms with Crippen molar-refractivity contribution in [2.24, 2.45) is 0 Å². The molecule has 0 aliphatic rings. The fourth-order valence-corrected chi connectivity index (χ4v) is 0. The van der Waals surface area contributed by atoms with Gasteiger partial charge in [0, 0.05) is 6.61 Å². The van der Waals surface area contributed by atoms with Gasteiger partial charge in [-0.25, -0.2) is 0 Å². The van der Waals surface area contributed by atoms with Crippen LogP contribution in [0.1, 0.15) is 6.92 Å². The fraction of sp³-hybridized carbons (Fsp3) is 1.00. The van der Waals surface area contributed by atoms with Crippen molar-refractivity contribution in [1.29, 1.82) is 0 Å². The standard InChI is InChI=1S/C2H6O.ClH.W/c1-2-3;;/h3H,2H2,1H3;1H;/q;;+1/p-1. The zero-order valence-corrected chi connectivity index (χ0v) is 6.63. The summed E-state index contributed by atoms with van der Waals surface area (Å²) in [4.78, 5) is 0. The maximum atomic E-state index is 7.57. The van der Waals surface area contributed by atoms with Gasteiger partial charge in [-0.3, -0.25) is 0 Å². The third-order valence-electron chi connectivity index (χ3n) is 0. The van der Waals surface area contributed by atoms with E-state index in [0.29, 0.717) is 0 Å². The summed E-state index contributed by atoms with van der Waals surface area (Å²) in [5.41, 5.74) is 0. The number of hydrogen-bond acceptors (Lipinski definition) is 1. The summed E-state index contributed by atoms with van der Waals surface area (Å²) in [5, 5.41) is 7.57. The van der Waals surface area contributed by atoms with E-state index < -0.39 is 0 Å². The zero-order chi connectivity index (χ0) is 4.71. The first-order valence-electron chi connectivity index (χ1n) is 1.18. The van der Waals surface area contributed by atoms with Crippen LogP contribution in [-0.4, -0.2) is 11.7 Å². The number of rotatable bonds is 0. The Bertz CT molecular complexity index is 9.61. The number of halogens is 1. The first kappa shape index (κ1) is 9.34. The zero-order valence-electron chi connectivity index (χ0n) is 2.94. The molecule has 0 fully saturated rings. The van der Waals surface area contributed by atoms with E-state index in [1.54, 1.807) is 6.92 Å². The molecule has 0 aliphatic carbocycles. The molecule has 0 amide bonds. The van der Waals surface area contributed by atoms with Crippen molar-refractivity contribution in [3.8, 4) is 0 Å². The number of hydrogen-bond donors (Lipinski definition) is 1. The van der Waals surface area contributed by atoms with Gasteiger partial charge in [0.1, 0.15) is 0 Å². The van der Waals surface area contributed by atoms with Crippen LogP contribution in [0.3, 0.4) is 0 Å². The monoisotopic (exact) mass is 265 g/mol. The van der Waals surface area contributed by atoms with Gasteiger partial charge < -0.3 is 5.11 Å². The minimum absolute atomic E-state index is 0.250. The molecular weight excluding hydrogens is 259 g/mol. The molecule has 1 N–H and O–H groups in total. The molecular formula is C2H6ClOW. The Morgan fingerprint density at radius 2 is 1.80 bits per heavy atom. The van der Waals surface area contributed by atoms with Crippen LogP contribution in [0, 0.1) is 0 Å². The van der Waals surface area contributed by atoms with Crippen molar-refractivity contribution in [1.82, 2.24) is 0 Å². The molecule has 0 saturated carbocycles. The third-order valence-corrected chi connectivity index (χ3v) is 0. The fourth-order valence-electron chi connectivity index (χ4n) is 0. The van der Waals surface area contributed by atoms with E-state index in [2.05, 4.69) is 0 Å². The van der Waals surface area contributed by atoms with Crippen molar-refractivity contribution in [3.63, 3.8) is 0 Å². The summed E-state index contributed by atoms with van der Waals surface area (Å²) in [6.07, 6.45) is 0. The van der Waals surface area contributed by atoms with Crippen LogP contribution in [0.15, 0.2) is 0 Å². The predicted molar refractivity (Wildman–Crippen MR) is 18.6 cm³/mol. The van der Waals surface area contributed by atoms with Crippen LogP contribution in [0.4, 0.5) is 0 Å². The van der Waals surface area contributed by atoms with Gasteiger partial charge in [0.2, 0.25) is 0 Å². The molecule has 0 spiro atoms. The van der Waals surface area contributed by atoms with E-state index in [1.165, 1.54) is 0 Å². The van der Waals surface area contributed by atoms with Gasteiger partial charge >= 0.3 is 28.2 Å². The number of aliphatic hydroxyl groups is 1. The van der Waals surface area contributed by atoms with Crippen LogP contribution >= 0.6 is 9.42 Å². The summed E-state index contributed by atoms with van der Waals surface area (Å²) in [6.45, 7) is 1.93. The number of aliphatic hydroxyl groups excluding tert-OH is 1. The topological polar surface area (TPSA) is 20.2 Å². The van der Waals surface area contributed by atoms with E-state index in [-0.39, 0.29) is 6.61 Å². The SMILES string of the molecule is CCO.[Cl][W]. The third kappa shape index (κ3) is 48.4. The Morgan fingerprint density at radius 1 is 1.80 bits per heavy atom. The van der Waals surface area contributed by atoms with Crippen LogP contribution in [-0.2, 0) is 18.8 Å². The molecule has 1 nitrogen and oxygen atoms in total. The van der Waals surface area contributed by atoms with Gasteiger partial charge in [0.25, 0.3) is 0 Å². The molecule has 0 bridgehead atoms. The molecule has 3 heteroatoms. The predicted octanol–water partition coefficient (Wildman–Crippen LogP) is 0.686. The minimum atomic E-state index is 0.250. The van der Waals surface area contributed by atoms with Crippen molar-refractivity contribution in [2.45, 2.75) is 6.92 Å². The van der Waals surface area contributed by atoms with Gasteiger partial charge in [-0.15, -0.1) is 0 Å².